The predicted octanol–water partition coefficient (Wildman–Crippen LogP) is 3.88. The summed E-state index contributed by atoms with van der Waals surface area (Å²) >= 11 is 2.34. The number of hydrogen-bond acceptors (Lipinski definition) is 4. The van der Waals surface area contributed by atoms with Crippen molar-refractivity contribution in [3.8, 4) is 0 Å². The van der Waals surface area contributed by atoms with E-state index >= 15 is 0 Å². The Kier molecular flexibility index (Phi) is 5.60. The van der Waals surface area contributed by atoms with Crippen molar-refractivity contribution >= 4 is 28.4 Å². The molecule has 0 unspecified atom stereocenters. The molecule has 1 fully saturated rings. The van der Waals surface area contributed by atoms with E-state index in [4.69, 9.17) is 14.7 Å². The van der Waals surface area contributed by atoms with Crippen molar-refractivity contribution in [2.75, 3.05) is 19.5 Å². The first-order valence-corrected chi connectivity index (χ1v) is 8.54. The van der Waals surface area contributed by atoms with Gasteiger partial charge in [-0.05, 0) is 41.9 Å². The van der Waals surface area contributed by atoms with Gasteiger partial charge in [0.25, 0.3) is 0 Å². The Balaban J connectivity index is 2.46. The van der Waals surface area contributed by atoms with Gasteiger partial charge in [-0.3, -0.25) is 0 Å². The van der Waals surface area contributed by atoms with Gasteiger partial charge in [0, 0.05) is 14.2 Å². The van der Waals surface area contributed by atoms with E-state index in [1.165, 1.54) is 19.3 Å². The van der Waals surface area contributed by atoms with Crippen LogP contribution in [0.25, 0.3) is 0 Å². The Bertz CT molecular complexity index is 459. The second-order valence-electron chi connectivity index (χ2n) is 5.42. The molecule has 1 saturated carbocycles. The number of anilines is 1. The Labute approximate surface area is 135 Å². The van der Waals surface area contributed by atoms with Gasteiger partial charge in [0.05, 0.1) is 9.26 Å². The van der Waals surface area contributed by atoms with Crippen LogP contribution in [0.5, 0.6) is 0 Å². The zero-order chi connectivity index (χ0) is 14.6. The minimum Gasteiger partial charge on any atom is -0.372 e. The minimum absolute atomic E-state index is 0.281. The van der Waals surface area contributed by atoms with Gasteiger partial charge in [0.15, 0.2) is 5.82 Å². The summed E-state index contributed by atoms with van der Waals surface area (Å²) in [5.41, 5.74) is 0.862. The highest BCUT2D eigenvalue weighted by Gasteiger charge is 2.37. The molecule has 0 atom stereocenters. The molecule has 0 radical (unpaired) electrons. The van der Waals surface area contributed by atoms with Crippen LogP contribution in [0.3, 0.4) is 0 Å². The lowest BCUT2D eigenvalue weighted by Gasteiger charge is -2.35. The molecule has 5 heteroatoms. The standard InChI is InChI=1S/C15H24IN3O/c1-4-8-11-12(16)13(17-2)19-14(18-11)15(20-3)9-6-5-7-10-15/h4-10H2,1-3H3,(H,17,18,19). The highest BCUT2D eigenvalue weighted by molar-refractivity contribution is 14.1. The highest BCUT2D eigenvalue weighted by atomic mass is 127. The lowest BCUT2D eigenvalue weighted by atomic mass is 9.84. The van der Waals surface area contributed by atoms with Crippen LogP contribution in [0, 0.1) is 3.57 Å². The van der Waals surface area contributed by atoms with Crippen molar-refractivity contribution < 1.29 is 4.74 Å². The maximum Gasteiger partial charge on any atom is 0.162 e. The quantitative estimate of drug-likeness (QED) is 0.777. The fraction of sp³-hybridized carbons (Fsp3) is 0.733. The Morgan fingerprint density at radius 2 is 1.95 bits per heavy atom. The van der Waals surface area contributed by atoms with Crippen LogP contribution in [0.4, 0.5) is 5.82 Å². The molecule has 0 spiro atoms. The van der Waals surface area contributed by atoms with Crippen LogP contribution >= 0.6 is 22.6 Å². The third-order valence-electron chi connectivity index (χ3n) is 4.10. The van der Waals surface area contributed by atoms with Crippen molar-refractivity contribution in [2.45, 2.75) is 57.5 Å². The fourth-order valence-corrected chi connectivity index (χ4v) is 3.69. The van der Waals surface area contributed by atoms with Crippen molar-refractivity contribution in [3.05, 3.63) is 15.1 Å². The minimum atomic E-state index is -0.281. The second kappa shape index (κ2) is 7.02. The van der Waals surface area contributed by atoms with Gasteiger partial charge in [0.2, 0.25) is 0 Å². The Hall–Kier alpha value is -0.430. The summed E-state index contributed by atoms with van der Waals surface area (Å²) in [5, 5.41) is 3.20. The molecule has 1 aromatic rings. The summed E-state index contributed by atoms with van der Waals surface area (Å²) in [6.45, 7) is 2.18. The third-order valence-corrected chi connectivity index (χ3v) is 5.24. The molecule has 0 amide bonds. The normalized spacial score (nSPS) is 18.0. The lowest BCUT2D eigenvalue weighted by Crippen LogP contribution is -2.34. The van der Waals surface area contributed by atoms with Crippen molar-refractivity contribution in [2.24, 2.45) is 0 Å². The molecule has 1 aromatic heterocycles. The van der Waals surface area contributed by atoms with Gasteiger partial charge in [-0.15, -0.1) is 0 Å². The Morgan fingerprint density at radius 3 is 2.50 bits per heavy atom. The van der Waals surface area contributed by atoms with Crippen LogP contribution in [0.15, 0.2) is 0 Å². The highest BCUT2D eigenvalue weighted by Crippen LogP contribution is 2.39. The van der Waals surface area contributed by atoms with Crippen molar-refractivity contribution in [3.63, 3.8) is 0 Å². The van der Waals surface area contributed by atoms with Gasteiger partial charge < -0.3 is 10.1 Å². The molecule has 0 aliphatic heterocycles. The van der Waals surface area contributed by atoms with E-state index in [2.05, 4.69) is 34.8 Å². The lowest BCUT2D eigenvalue weighted by molar-refractivity contribution is -0.0515. The van der Waals surface area contributed by atoms with E-state index < -0.39 is 0 Å². The molecule has 1 aliphatic carbocycles. The zero-order valence-corrected chi connectivity index (χ0v) is 14.8. The van der Waals surface area contributed by atoms with E-state index in [-0.39, 0.29) is 5.60 Å². The first-order valence-electron chi connectivity index (χ1n) is 7.46. The third kappa shape index (κ3) is 3.08. The summed E-state index contributed by atoms with van der Waals surface area (Å²) in [6.07, 6.45) is 7.81. The second-order valence-corrected chi connectivity index (χ2v) is 6.49. The maximum absolute atomic E-state index is 5.88. The smallest absolute Gasteiger partial charge is 0.162 e. The average molecular weight is 389 g/mol. The summed E-state index contributed by atoms with van der Waals surface area (Å²) in [7, 11) is 3.72. The number of halogens is 1. The van der Waals surface area contributed by atoms with Gasteiger partial charge in [-0.25, -0.2) is 9.97 Å². The van der Waals surface area contributed by atoms with Crippen LogP contribution in [-0.2, 0) is 16.8 Å². The average Bonchev–Trinajstić information content (AvgIpc) is 2.50. The van der Waals surface area contributed by atoms with E-state index in [1.807, 2.05) is 7.05 Å². The first-order chi connectivity index (χ1) is 9.66. The molecule has 0 saturated heterocycles. The molecule has 4 nitrogen and oxygen atoms in total. The zero-order valence-electron chi connectivity index (χ0n) is 12.6. The summed E-state index contributed by atoms with van der Waals surface area (Å²) in [6, 6.07) is 0. The molecule has 2 rings (SSSR count). The van der Waals surface area contributed by atoms with Crippen LogP contribution in [0.2, 0.25) is 0 Å². The molecular formula is C15H24IN3O. The van der Waals surface area contributed by atoms with Crippen LogP contribution < -0.4 is 5.32 Å². The molecule has 1 aliphatic rings. The molecule has 20 heavy (non-hydrogen) atoms. The number of methoxy groups -OCH3 is 1. The molecular weight excluding hydrogens is 365 g/mol. The van der Waals surface area contributed by atoms with Gasteiger partial charge in [0.1, 0.15) is 11.4 Å². The summed E-state index contributed by atoms with van der Waals surface area (Å²) in [5.74, 6) is 1.80. The van der Waals surface area contributed by atoms with Crippen LogP contribution in [0.1, 0.15) is 57.0 Å². The molecule has 0 aromatic carbocycles. The SMILES string of the molecule is CCCc1nc(C2(OC)CCCCC2)nc(NC)c1I. The number of aromatic nitrogens is 2. The first kappa shape index (κ1) is 15.9. The molecule has 0 bridgehead atoms. The van der Waals surface area contributed by atoms with E-state index in [9.17, 15) is 0 Å². The Morgan fingerprint density at radius 1 is 1.25 bits per heavy atom. The molecule has 112 valence electrons. The fourth-order valence-electron chi connectivity index (χ4n) is 2.91. The molecule has 1 N–H and O–H groups in total. The van der Waals surface area contributed by atoms with Crippen molar-refractivity contribution in [1.82, 2.24) is 9.97 Å². The topological polar surface area (TPSA) is 47.0 Å². The van der Waals surface area contributed by atoms with Gasteiger partial charge >= 0.3 is 0 Å². The number of aryl methyl sites for hydroxylation is 1. The number of rotatable bonds is 5. The van der Waals surface area contributed by atoms with Crippen molar-refractivity contribution in [1.29, 1.82) is 0 Å². The predicted molar refractivity (Wildman–Crippen MR) is 90.1 cm³/mol. The van der Waals surface area contributed by atoms with E-state index in [0.717, 1.165) is 46.6 Å². The number of nitrogens with zero attached hydrogens (tertiary/aromatic N) is 2. The molecule has 1 heterocycles. The van der Waals surface area contributed by atoms with E-state index in [1.54, 1.807) is 7.11 Å². The number of nitrogens with one attached hydrogen (secondary N) is 1. The summed E-state index contributed by atoms with van der Waals surface area (Å²) in [4.78, 5) is 9.60. The van der Waals surface area contributed by atoms with Gasteiger partial charge in [-0.1, -0.05) is 32.6 Å². The van der Waals surface area contributed by atoms with E-state index in [0.29, 0.717) is 0 Å². The summed E-state index contributed by atoms with van der Waals surface area (Å²) < 4.78 is 7.02. The number of hydrogen-bond donors (Lipinski definition) is 1. The van der Waals surface area contributed by atoms with Crippen LogP contribution in [-0.4, -0.2) is 24.1 Å². The number of ether oxygens (including phenoxy) is 1. The van der Waals surface area contributed by atoms with Gasteiger partial charge in [-0.2, -0.15) is 0 Å². The maximum atomic E-state index is 5.88. The largest absolute Gasteiger partial charge is 0.372 e. The monoisotopic (exact) mass is 389 g/mol.